The van der Waals surface area contributed by atoms with Crippen LogP contribution in [0.15, 0.2) is 30.6 Å². The number of aromatic hydroxyl groups is 1. The fraction of sp³-hybridized carbons (Fsp3) is 0.308. The topological polar surface area (TPSA) is 50.1 Å². The second-order valence-electron chi connectivity index (χ2n) is 4.40. The van der Waals surface area contributed by atoms with E-state index >= 15 is 0 Å². The molecule has 0 spiro atoms. The van der Waals surface area contributed by atoms with Gasteiger partial charge >= 0.3 is 0 Å². The Bertz CT molecular complexity index is 537. The molecule has 2 N–H and O–H groups in total. The fourth-order valence-corrected chi connectivity index (χ4v) is 1.81. The van der Waals surface area contributed by atoms with E-state index in [9.17, 15) is 5.11 Å². The van der Waals surface area contributed by atoms with E-state index in [0.29, 0.717) is 17.6 Å². The number of nitrogens with one attached hydrogen (secondary N) is 1. The zero-order chi connectivity index (χ0) is 13.1. The second-order valence-corrected chi connectivity index (χ2v) is 4.81. The number of para-hydroxylation sites is 1. The van der Waals surface area contributed by atoms with Crippen molar-refractivity contribution in [1.29, 1.82) is 0 Å². The van der Waals surface area contributed by atoms with E-state index in [0.717, 1.165) is 11.3 Å². The van der Waals surface area contributed by atoms with Gasteiger partial charge in [-0.05, 0) is 19.9 Å². The Kier molecular flexibility index (Phi) is 3.77. The molecule has 0 radical (unpaired) electrons. The molecule has 0 saturated heterocycles. The van der Waals surface area contributed by atoms with E-state index in [1.54, 1.807) is 12.3 Å². The number of anilines is 1. The molecule has 0 fully saturated rings. The molecule has 0 amide bonds. The zero-order valence-corrected chi connectivity index (χ0v) is 11.1. The Labute approximate surface area is 111 Å². The summed E-state index contributed by atoms with van der Waals surface area (Å²) >= 11 is 5.85. The summed E-state index contributed by atoms with van der Waals surface area (Å²) in [5, 5.41) is 17.6. The quantitative estimate of drug-likeness (QED) is 0.890. The highest BCUT2D eigenvalue weighted by molar-refractivity contribution is 6.32. The first-order valence-corrected chi connectivity index (χ1v) is 6.20. The Balaban J connectivity index is 2.04. The van der Waals surface area contributed by atoms with E-state index in [4.69, 9.17) is 11.6 Å². The summed E-state index contributed by atoms with van der Waals surface area (Å²) in [6.07, 6.45) is 3.70. The highest BCUT2D eigenvalue weighted by Gasteiger charge is 2.06. The van der Waals surface area contributed by atoms with E-state index in [-0.39, 0.29) is 5.75 Å². The molecule has 0 saturated carbocycles. The molecule has 0 aliphatic carbocycles. The van der Waals surface area contributed by atoms with Crippen LogP contribution in [0, 0.1) is 0 Å². The molecule has 2 aromatic rings. The van der Waals surface area contributed by atoms with Crippen molar-refractivity contribution >= 4 is 17.3 Å². The van der Waals surface area contributed by atoms with Gasteiger partial charge in [-0.3, -0.25) is 4.68 Å². The summed E-state index contributed by atoms with van der Waals surface area (Å²) < 4.78 is 1.88. The first kappa shape index (κ1) is 12.8. The third-order valence-corrected chi connectivity index (χ3v) is 2.99. The second kappa shape index (κ2) is 5.31. The molecule has 4 nitrogen and oxygen atoms in total. The average molecular weight is 266 g/mol. The van der Waals surface area contributed by atoms with Crippen molar-refractivity contribution in [2.24, 2.45) is 0 Å². The Morgan fingerprint density at radius 3 is 2.89 bits per heavy atom. The van der Waals surface area contributed by atoms with Crippen molar-refractivity contribution < 1.29 is 5.11 Å². The van der Waals surface area contributed by atoms with Gasteiger partial charge in [-0.2, -0.15) is 5.10 Å². The van der Waals surface area contributed by atoms with Gasteiger partial charge in [-0.1, -0.05) is 23.7 Å². The van der Waals surface area contributed by atoms with E-state index in [1.165, 1.54) is 0 Å². The van der Waals surface area contributed by atoms with E-state index < -0.39 is 0 Å². The number of rotatable bonds is 4. The van der Waals surface area contributed by atoms with Crippen LogP contribution < -0.4 is 5.32 Å². The van der Waals surface area contributed by atoms with Crippen LogP contribution in [0.25, 0.3) is 0 Å². The van der Waals surface area contributed by atoms with Crippen LogP contribution in [0.2, 0.25) is 5.02 Å². The number of phenols is 1. The predicted molar refractivity (Wildman–Crippen MR) is 73.1 cm³/mol. The van der Waals surface area contributed by atoms with Crippen LogP contribution in [0.4, 0.5) is 5.69 Å². The number of halogens is 1. The Morgan fingerprint density at radius 2 is 2.22 bits per heavy atom. The van der Waals surface area contributed by atoms with Gasteiger partial charge in [0, 0.05) is 24.3 Å². The van der Waals surface area contributed by atoms with Gasteiger partial charge in [0.05, 0.1) is 16.9 Å². The van der Waals surface area contributed by atoms with Crippen molar-refractivity contribution in [2.75, 3.05) is 5.32 Å². The van der Waals surface area contributed by atoms with E-state index in [1.807, 2.05) is 23.0 Å². The normalized spacial score (nSPS) is 10.9. The van der Waals surface area contributed by atoms with Crippen LogP contribution in [-0.4, -0.2) is 14.9 Å². The van der Waals surface area contributed by atoms with Crippen molar-refractivity contribution in [1.82, 2.24) is 9.78 Å². The van der Waals surface area contributed by atoms with Gasteiger partial charge in [0.1, 0.15) is 5.75 Å². The highest BCUT2D eigenvalue weighted by Crippen LogP contribution is 2.27. The zero-order valence-electron chi connectivity index (χ0n) is 10.4. The molecule has 5 heteroatoms. The minimum absolute atomic E-state index is 0.128. The van der Waals surface area contributed by atoms with Crippen LogP contribution in [0.3, 0.4) is 0 Å². The minimum atomic E-state index is 0.128. The lowest BCUT2D eigenvalue weighted by Gasteiger charge is -2.07. The molecule has 0 aliphatic rings. The lowest BCUT2D eigenvalue weighted by Crippen LogP contribution is -2.01. The molecule has 96 valence electrons. The molecule has 0 unspecified atom stereocenters. The number of phenolic OH excluding ortho intramolecular Hbond substituents is 1. The number of hydrogen-bond acceptors (Lipinski definition) is 3. The smallest absolute Gasteiger partial charge is 0.139 e. The number of hydrogen-bond donors (Lipinski definition) is 2. The summed E-state index contributed by atoms with van der Waals surface area (Å²) in [6, 6.07) is 5.65. The predicted octanol–water partition coefficient (Wildman–Crippen LogP) is 3.44. The monoisotopic (exact) mass is 265 g/mol. The van der Waals surface area contributed by atoms with Crippen LogP contribution in [0.5, 0.6) is 5.75 Å². The molecular formula is C13H16ClN3O. The molecular weight excluding hydrogens is 250 g/mol. The lowest BCUT2D eigenvalue weighted by atomic mass is 10.2. The average Bonchev–Trinajstić information content (AvgIpc) is 2.80. The van der Waals surface area contributed by atoms with Crippen molar-refractivity contribution in [3.8, 4) is 5.75 Å². The molecule has 18 heavy (non-hydrogen) atoms. The van der Waals surface area contributed by atoms with E-state index in [2.05, 4.69) is 24.3 Å². The van der Waals surface area contributed by atoms with Gasteiger partial charge in [-0.25, -0.2) is 0 Å². The largest absolute Gasteiger partial charge is 0.506 e. The molecule has 2 rings (SSSR count). The number of aromatic nitrogens is 2. The van der Waals surface area contributed by atoms with Crippen LogP contribution in [-0.2, 0) is 6.54 Å². The van der Waals surface area contributed by atoms with Gasteiger partial charge in [0.15, 0.2) is 0 Å². The minimum Gasteiger partial charge on any atom is -0.506 e. The number of benzene rings is 1. The fourth-order valence-electron chi connectivity index (χ4n) is 1.61. The molecule has 0 aliphatic heterocycles. The summed E-state index contributed by atoms with van der Waals surface area (Å²) in [5.41, 5.74) is 1.68. The maximum absolute atomic E-state index is 9.78. The van der Waals surface area contributed by atoms with Gasteiger partial charge in [0.25, 0.3) is 0 Å². The van der Waals surface area contributed by atoms with Gasteiger partial charge in [0.2, 0.25) is 0 Å². The Morgan fingerprint density at radius 1 is 1.44 bits per heavy atom. The first-order valence-electron chi connectivity index (χ1n) is 5.82. The summed E-state index contributed by atoms with van der Waals surface area (Å²) in [4.78, 5) is 0. The van der Waals surface area contributed by atoms with Crippen LogP contribution in [0.1, 0.15) is 25.5 Å². The SMILES string of the molecule is CC(C)n1cc(NCc2cccc(Cl)c2O)cn1. The third kappa shape index (κ3) is 2.76. The first-order chi connectivity index (χ1) is 8.58. The molecule has 0 bridgehead atoms. The molecule has 1 aromatic heterocycles. The molecule has 1 aromatic carbocycles. The summed E-state index contributed by atoms with van der Waals surface area (Å²) in [5.74, 6) is 0.128. The van der Waals surface area contributed by atoms with Crippen LogP contribution >= 0.6 is 11.6 Å². The summed E-state index contributed by atoms with van der Waals surface area (Å²) in [7, 11) is 0. The maximum atomic E-state index is 9.78. The third-order valence-electron chi connectivity index (χ3n) is 2.68. The van der Waals surface area contributed by atoms with Gasteiger partial charge < -0.3 is 10.4 Å². The standard InChI is InChI=1S/C13H16ClN3O/c1-9(2)17-8-11(7-16-17)15-6-10-4-3-5-12(14)13(10)18/h3-5,7-9,15,18H,6H2,1-2H3. The number of nitrogens with zero attached hydrogens (tertiary/aromatic N) is 2. The summed E-state index contributed by atoms with van der Waals surface area (Å²) in [6.45, 7) is 4.65. The van der Waals surface area contributed by atoms with Crippen molar-refractivity contribution in [2.45, 2.75) is 26.4 Å². The maximum Gasteiger partial charge on any atom is 0.139 e. The lowest BCUT2D eigenvalue weighted by molar-refractivity contribution is 0.469. The highest BCUT2D eigenvalue weighted by atomic mass is 35.5. The van der Waals surface area contributed by atoms with Gasteiger partial charge in [-0.15, -0.1) is 0 Å². The van der Waals surface area contributed by atoms with Crippen molar-refractivity contribution in [3.63, 3.8) is 0 Å². The van der Waals surface area contributed by atoms with Crippen molar-refractivity contribution in [3.05, 3.63) is 41.2 Å². The molecule has 0 atom stereocenters. The Hall–Kier alpha value is -1.68. The molecule has 1 heterocycles.